The van der Waals surface area contributed by atoms with E-state index in [0.717, 1.165) is 44.4 Å². The SMILES string of the molecule is Cc1ccc(P(c2ccccc2)c2ccccc2)c(OP2OC(c3ccccc3)(c3ccccc3)[C@H]3OC(C)(C)O[C@@H]3C(c3ccccc3)(c3ccccc3)O2)c1C. The fourth-order valence-corrected chi connectivity index (χ4v) is 12.5. The average molecular weight is 801 g/mol. The second-order valence-corrected chi connectivity index (χ2v) is 18.5. The third-order valence-corrected chi connectivity index (χ3v) is 14.9. The Bertz CT molecular complexity index is 2230. The van der Waals surface area contributed by atoms with Crippen molar-refractivity contribution in [3.05, 3.63) is 228 Å². The van der Waals surface area contributed by atoms with Crippen LogP contribution in [-0.4, -0.2) is 18.0 Å². The molecule has 0 N–H and O–H groups in total. The summed E-state index contributed by atoms with van der Waals surface area (Å²) in [5, 5.41) is 3.52. The molecule has 2 aliphatic heterocycles. The summed E-state index contributed by atoms with van der Waals surface area (Å²) in [4.78, 5) is 0. The standard InChI is InChI=1S/C51H46O5P2/c1-37-35-36-45(57(43-31-19-9-20-32-43)44-33-21-10-22-34-44)46(38(37)2)54-58-55-50(39-23-11-5-12-24-39,40-25-13-6-14-26-40)47-48(53-49(3,4)52-47)51(56-58,41-27-15-7-16-28-41)42-29-17-8-18-30-42/h5-36,47-48H,1-4H3/t47-,48-/m0/s1. The molecule has 0 radical (unpaired) electrons. The number of hydrogen-bond acceptors (Lipinski definition) is 5. The molecule has 7 aromatic rings. The van der Waals surface area contributed by atoms with Crippen molar-refractivity contribution < 1.29 is 23.0 Å². The topological polar surface area (TPSA) is 46.2 Å². The number of ether oxygens (including phenoxy) is 2. The fourth-order valence-electron chi connectivity index (χ4n) is 8.42. The second-order valence-electron chi connectivity index (χ2n) is 15.3. The van der Waals surface area contributed by atoms with Crippen LogP contribution in [-0.2, 0) is 29.7 Å². The molecule has 2 heterocycles. The molecule has 0 bridgehead atoms. The smallest absolute Gasteiger partial charge is 0.399 e. The molecule has 0 aromatic heterocycles. The molecule has 9 rings (SSSR count). The Morgan fingerprint density at radius 2 is 0.810 bits per heavy atom. The third kappa shape index (κ3) is 6.91. The van der Waals surface area contributed by atoms with Gasteiger partial charge >= 0.3 is 8.60 Å². The summed E-state index contributed by atoms with van der Waals surface area (Å²) in [6.45, 7) is 8.21. The quantitative estimate of drug-likeness (QED) is 0.136. The first-order chi connectivity index (χ1) is 28.3. The van der Waals surface area contributed by atoms with E-state index < -0.39 is 45.7 Å². The minimum absolute atomic E-state index is 0.701. The zero-order valence-corrected chi connectivity index (χ0v) is 34.9. The molecule has 0 spiro atoms. The van der Waals surface area contributed by atoms with Gasteiger partial charge in [-0.1, -0.05) is 188 Å². The van der Waals surface area contributed by atoms with Gasteiger partial charge in [0.25, 0.3) is 0 Å². The minimum Gasteiger partial charge on any atom is -0.426 e. The maximum Gasteiger partial charge on any atom is 0.399 e. The van der Waals surface area contributed by atoms with Crippen LogP contribution in [0.15, 0.2) is 194 Å². The van der Waals surface area contributed by atoms with Crippen LogP contribution in [0.4, 0.5) is 0 Å². The summed E-state index contributed by atoms with van der Waals surface area (Å²) in [5.74, 6) is -0.238. The largest absolute Gasteiger partial charge is 0.426 e. The Kier molecular flexibility index (Phi) is 10.6. The number of aryl methyl sites for hydroxylation is 1. The molecule has 7 aromatic carbocycles. The van der Waals surface area contributed by atoms with Crippen molar-refractivity contribution >= 4 is 32.4 Å². The maximum atomic E-state index is 7.74. The molecule has 2 aliphatic rings. The molecule has 0 saturated carbocycles. The van der Waals surface area contributed by atoms with Gasteiger partial charge in [0.15, 0.2) is 17.0 Å². The van der Waals surface area contributed by atoms with Crippen molar-refractivity contribution in [1.29, 1.82) is 0 Å². The Hall–Kier alpha value is -4.96. The molecular formula is C51H46O5P2. The molecule has 290 valence electrons. The van der Waals surface area contributed by atoms with Gasteiger partial charge in [0, 0.05) is 5.30 Å². The van der Waals surface area contributed by atoms with Crippen LogP contribution in [0.3, 0.4) is 0 Å². The Morgan fingerprint density at radius 1 is 0.466 bits per heavy atom. The molecule has 2 saturated heterocycles. The zero-order chi connectivity index (χ0) is 39.7. The van der Waals surface area contributed by atoms with E-state index in [1.165, 1.54) is 10.6 Å². The lowest BCUT2D eigenvalue weighted by atomic mass is 9.72. The lowest BCUT2D eigenvalue weighted by molar-refractivity contribution is -0.175. The van der Waals surface area contributed by atoms with Crippen molar-refractivity contribution in [2.45, 2.75) is 56.9 Å². The van der Waals surface area contributed by atoms with Crippen molar-refractivity contribution in [2.75, 3.05) is 0 Å². The van der Waals surface area contributed by atoms with Crippen LogP contribution in [0.25, 0.3) is 0 Å². The van der Waals surface area contributed by atoms with Gasteiger partial charge in [0.2, 0.25) is 0 Å². The summed E-state index contributed by atoms with van der Waals surface area (Å²) < 4.78 is 37.4. The van der Waals surface area contributed by atoms with E-state index in [1.54, 1.807) is 0 Å². The van der Waals surface area contributed by atoms with Gasteiger partial charge in [-0.3, -0.25) is 9.05 Å². The van der Waals surface area contributed by atoms with Gasteiger partial charge in [-0.05, 0) is 85.7 Å². The van der Waals surface area contributed by atoms with Gasteiger partial charge in [-0.2, -0.15) is 0 Å². The van der Waals surface area contributed by atoms with Crippen LogP contribution in [0.2, 0.25) is 0 Å². The zero-order valence-electron chi connectivity index (χ0n) is 33.1. The second kappa shape index (κ2) is 16.0. The number of benzene rings is 7. The minimum atomic E-state index is -2.26. The molecule has 7 heteroatoms. The molecule has 58 heavy (non-hydrogen) atoms. The molecule has 0 amide bonds. The van der Waals surface area contributed by atoms with Crippen molar-refractivity contribution in [3.63, 3.8) is 0 Å². The molecule has 0 aliphatic carbocycles. The van der Waals surface area contributed by atoms with E-state index in [2.05, 4.69) is 135 Å². The first kappa shape index (κ1) is 38.6. The fraction of sp³-hybridized carbons (Fsp3) is 0.176. The summed E-state index contributed by atoms with van der Waals surface area (Å²) in [5.41, 5.74) is 3.30. The normalized spacial score (nSPS) is 19.6. The lowest BCUT2D eigenvalue weighted by Gasteiger charge is -2.41. The monoisotopic (exact) mass is 800 g/mol. The highest BCUT2D eigenvalue weighted by Crippen LogP contribution is 2.65. The molecule has 2 fully saturated rings. The number of fused-ring (bicyclic) bond motifs is 1. The predicted molar refractivity (Wildman–Crippen MR) is 235 cm³/mol. The van der Waals surface area contributed by atoms with Crippen LogP contribution in [0.1, 0.15) is 47.2 Å². The highest BCUT2D eigenvalue weighted by atomic mass is 31.2. The lowest BCUT2D eigenvalue weighted by Crippen LogP contribution is -2.53. The molecule has 5 nitrogen and oxygen atoms in total. The average Bonchev–Trinajstić information content (AvgIpc) is 3.56. The summed E-state index contributed by atoms with van der Waals surface area (Å²) >= 11 is 0. The highest BCUT2D eigenvalue weighted by Gasteiger charge is 2.67. The molecule has 2 atom stereocenters. The number of rotatable bonds is 9. The molecular weight excluding hydrogens is 755 g/mol. The van der Waals surface area contributed by atoms with E-state index in [-0.39, 0.29) is 0 Å². The van der Waals surface area contributed by atoms with E-state index in [0.29, 0.717) is 0 Å². The maximum absolute atomic E-state index is 7.74. The van der Waals surface area contributed by atoms with E-state index in [1.807, 2.05) is 86.6 Å². The van der Waals surface area contributed by atoms with Gasteiger partial charge in [0.1, 0.15) is 18.0 Å². The summed E-state index contributed by atoms with van der Waals surface area (Å²) in [6.07, 6.45) is -1.40. The Labute approximate surface area is 344 Å². The Morgan fingerprint density at radius 3 is 1.17 bits per heavy atom. The van der Waals surface area contributed by atoms with Gasteiger partial charge < -0.3 is 14.0 Å². The van der Waals surface area contributed by atoms with Crippen molar-refractivity contribution in [1.82, 2.24) is 0 Å². The first-order valence-electron chi connectivity index (χ1n) is 19.7. The van der Waals surface area contributed by atoms with Gasteiger partial charge in [-0.25, -0.2) is 0 Å². The van der Waals surface area contributed by atoms with Crippen LogP contribution >= 0.6 is 16.5 Å². The van der Waals surface area contributed by atoms with E-state index in [4.69, 9.17) is 23.0 Å². The summed E-state index contributed by atoms with van der Waals surface area (Å²) in [7, 11) is -3.31. The first-order valence-corrected chi connectivity index (χ1v) is 22.2. The van der Waals surface area contributed by atoms with E-state index >= 15 is 0 Å². The predicted octanol–water partition coefficient (Wildman–Crippen LogP) is 11.1. The van der Waals surface area contributed by atoms with Crippen LogP contribution in [0, 0.1) is 13.8 Å². The third-order valence-electron chi connectivity index (χ3n) is 11.2. The van der Waals surface area contributed by atoms with Crippen molar-refractivity contribution in [3.8, 4) is 5.75 Å². The summed E-state index contributed by atoms with van der Waals surface area (Å²) in [6, 6.07) is 67.2. The van der Waals surface area contributed by atoms with E-state index in [9.17, 15) is 0 Å². The Balaban J connectivity index is 1.33. The van der Waals surface area contributed by atoms with Gasteiger partial charge in [0.05, 0.1) is 0 Å². The van der Waals surface area contributed by atoms with Crippen LogP contribution in [0.5, 0.6) is 5.75 Å². The number of hydrogen-bond donors (Lipinski definition) is 0. The van der Waals surface area contributed by atoms with Gasteiger partial charge in [-0.15, -0.1) is 0 Å². The van der Waals surface area contributed by atoms with Crippen LogP contribution < -0.4 is 20.4 Å². The highest BCUT2D eigenvalue weighted by molar-refractivity contribution is 7.80. The molecule has 0 unspecified atom stereocenters. The van der Waals surface area contributed by atoms with Crippen molar-refractivity contribution in [2.24, 2.45) is 0 Å².